The molecule has 1 aromatic carbocycles. The van der Waals surface area contributed by atoms with E-state index in [0.717, 1.165) is 22.6 Å². The summed E-state index contributed by atoms with van der Waals surface area (Å²) < 4.78 is 0. The van der Waals surface area contributed by atoms with Crippen molar-refractivity contribution in [3.63, 3.8) is 0 Å². The minimum Gasteiger partial charge on any atom is -0.363 e. The van der Waals surface area contributed by atoms with Crippen molar-refractivity contribution in [2.45, 2.75) is 45.7 Å². The number of amides is 1. The third kappa shape index (κ3) is 3.06. The van der Waals surface area contributed by atoms with Gasteiger partial charge in [0.2, 0.25) is 5.91 Å². The highest BCUT2D eigenvalue weighted by molar-refractivity contribution is 5.94. The molecule has 1 aliphatic carbocycles. The standard InChI is InChI=1S/C22H24N4O/c1-13-6-5-11-24-22(13)25-20-14(2)21(16-7-8-16)26(15(3)27)19-10-9-17(23-4)12-18(19)20/h5-6,9-12,14,16,20-21H,7-8H2,1-3H3,(H,24,25)/t14-,20-,21-/m1/s1. The van der Waals surface area contributed by atoms with Gasteiger partial charge < -0.3 is 10.2 Å². The molecule has 5 heteroatoms. The van der Waals surface area contributed by atoms with Gasteiger partial charge in [0, 0.05) is 30.8 Å². The number of rotatable bonds is 3. The second kappa shape index (κ2) is 6.70. The topological polar surface area (TPSA) is 49.6 Å². The highest BCUT2D eigenvalue weighted by Crippen LogP contribution is 2.50. The molecule has 3 atom stereocenters. The molecule has 0 saturated heterocycles. The molecule has 2 aliphatic rings. The van der Waals surface area contributed by atoms with Crippen LogP contribution >= 0.6 is 0 Å². The van der Waals surface area contributed by atoms with E-state index in [1.807, 2.05) is 42.2 Å². The lowest BCUT2D eigenvalue weighted by molar-refractivity contribution is -0.117. The molecule has 1 amide bonds. The van der Waals surface area contributed by atoms with E-state index in [9.17, 15) is 4.79 Å². The molecule has 0 radical (unpaired) electrons. The van der Waals surface area contributed by atoms with Crippen molar-refractivity contribution >= 4 is 23.1 Å². The maximum atomic E-state index is 12.6. The summed E-state index contributed by atoms with van der Waals surface area (Å²) >= 11 is 0. The Morgan fingerprint density at radius 3 is 2.74 bits per heavy atom. The number of carbonyl (C=O) groups excluding carboxylic acids is 1. The summed E-state index contributed by atoms with van der Waals surface area (Å²) in [6.07, 6.45) is 4.13. The van der Waals surface area contributed by atoms with Crippen LogP contribution in [0.2, 0.25) is 0 Å². The van der Waals surface area contributed by atoms with Crippen LogP contribution in [0.4, 0.5) is 17.2 Å². The Balaban J connectivity index is 1.84. The molecule has 5 nitrogen and oxygen atoms in total. The number of aromatic nitrogens is 1. The Bertz CT molecular complexity index is 928. The average molecular weight is 360 g/mol. The van der Waals surface area contributed by atoms with Crippen molar-refractivity contribution in [2.24, 2.45) is 11.8 Å². The smallest absolute Gasteiger partial charge is 0.224 e. The number of pyridine rings is 1. The zero-order valence-corrected chi connectivity index (χ0v) is 15.9. The average Bonchev–Trinajstić information content (AvgIpc) is 3.49. The number of hydrogen-bond acceptors (Lipinski definition) is 3. The van der Waals surface area contributed by atoms with Gasteiger partial charge in [0.25, 0.3) is 0 Å². The maximum Gasteiger partial charge on any atom is 0.224 e. The molecule has 1 fully saturated rings. The fourth-order valence-electron chi connectivity index (χ4n) is 4.41. The largest absolute Gasteiger partial charge is 0.363 e. The van der Waals surface area contributed by atoms with Crippen LogP contribution in [0, 0.1) is 25.3 Å². The molecule has 1 saturated carbocycles. The summed E-state index contributed by atoms with van der Waals surface area (Å²) in [5.41, 5.74) is 3.62. The molecule has 2 heterocycles. The fourth-order valence-corrected chi connectivity index (χ4v) is 4.41. The van der Waals surface area contributed by atoms with Crippen LogP contribution < -0.4 is 10.2 Å². The predicted octanol–water partition coefficient (Wildman–Crippen LogP) is 4.88. The van der Waals surface area contributed by atoms with Gasteiger partial charge in [-0.1, -0.05) is 19.1 Å². The van der Waals surface area contributed by atoms with Gasteiger partial charge in [-0.3, -0.25) is 4.79 Å². The van der Waals surface area contributed by atoms with Crippen molar-refractivity contribution in [1.29, 1.82) is 0 Å². The Hall–Kier alpha value is -2.87. The predicted molar refractivity (Wildman–Crippen MR) is 107 cm³/mol. The number of nitrogens with zero attached hydrogens (tertiary/aromatic N) is 3. The molecule has 1 N–H and O–H groups in total. The number of hydrogen-bond donors (Lipinski definition) is 1. The van der Waals surface area contributed by atoms with Gasteiger partial charge in [0.05, 0.1) is 12.6 Å². The molecule has 0 spiro atoms. The Morgan fingerprint density at radius 1 is 1.33 bits per heavy atom. The van der Waals surface area contributed by atoms with E-state index in [0.29, 0.717) is 11.6 Å². The summed E-state index contributed by atoms with van der Waals surface area (Å²) in [7, 11) is 0. The Morgan fingerprint density at radius 2 is 2.11 bits per heavy atom. The van der Waals surface area contributed by atoms with Crippen LogP contribution in [-0.2, 0) is 4.79 Å². The van der Waals surface area contributed by atoms with E-state index in [4.69, 9.17) is 6.57 Å². The highest BCUT2D eigenvalue weighted by atomic mass is 16.2. The third-order valence-electron chi connectivity index (χ3n) is 5.84. The quantitative estimate of drug-likeness (QED) is 0.794. The zero-order chi connectivity index (χ0) is 19.1. The second-order valence-electron chi connectivity index (χ2n) is 7.72. The normalized spacial score (nSPS) is 24.1. The first-order chi connectivity index (χ1) is 13.0. The molecule has 2 aromatic rings. The van der Waals surface area contributed by atoms with E-state index in [-0.39, 0.29) is 23.9 Å². The van der Waals surface area contributed by atoms with Gasteiger partial charge in [-0.25, -0.2) is 9.83 Å². The minimum atomic E-state index is 0.0106. The van der Waals surface area contributed by atoms with Crippen LogP contribution in [0.1, 0.15) is 43.9 Å². The first-order valence-corrected chi connectivity index (χ1v) is 9.50. The van der Waals surface area contributed by atoms with Crippen molar-refractivity contribution in [3.8, 4) is 0 Å². The number of anilines is 2. The summed E-state index contributed by atoms with van der Waals surface area (Å²) in [6, 6.07) is 9.83. The van der Waals surface area contributed by atoms with Gasteiger partial charge >= 0.3 is 0 Å². The summed E-state index contributed by atoms with van der Waals surface area (Å²) in [4.78, 5) is 22.6. The second-order valence-corrected chi connectivity index (χ2v) is 7.72. The molecule has 4 rings (SSSR count). The van der Waals surface area contributed by atoms with Gasteiger partial charge in [-0.05, 0) is 55.0 Å². The van der Waals surface area contributed by atoms with Gasteiger partial charge in [-0.15, -0.1) is 0 Å². The van der Waals surface area contributed by atoms with Crippen molar-refractivity contribution in [3.05, 3.63) is 59.1 Å². The van der Waals surface area contributed by atoms with Gasteiger partial charge in [-0.2, -0.15) is 0 Å². The van der Waals surface area contributed by atoms with E-state index in [1.165, 1.54) is 12.8 Å². The van der Waals surface area contributed by atoms with Crippen LogP contribution in [0.25, 0.3) is 4.85 Å². The first kappa shape index (κ1) is 17.5. The lowest BCUT2D eigenvalue weighted by atomic mass is 9.79. The SMILES string of the molecule is [C-]#[N+]c1ccc2c(c1)[C@H](Nc1ncccc1C)[C@@H](C)[C@H](C1CC1)N2C(C)=O. The fraction of sp³-hybridized carbons (Fsp3) is 0.409. The number of fused-ring (bicyclic) bond motifs is 1. The number of carbonyl (C=O) groups is 1. The minimum absolute atomic E-state index is 0.0106. The van der Waals surface area contributed by atoms with E-state index < -0.39 is 0 Å². The maximum absolute atomic E-state index is 12.6. The molecule has 1 aromatic heterocycles. The van der Waals surface area contributed by atoms with E-state index >= 15 is 0 Å². The lowest BCUT2D eigenvalue weighted by Crippen LogP contribution is -2.51. The molecule has 138 valence electrons. The molecular formula is C22H24N4O. The Labute approximate surface area is 160 Å². The van der Waals surface area contributed by atoms with E-state index in [2.05, 4.69) is 22.1 Å². The monoisotopic (exact) mass is 360 g/mol. The summed E-state index contributed by atoms with van der Waals surface area (Å²) in [6.45, 7) is 13.3. The van der Waals surface area contributed by atoms with Gasteiger partial charge in [0.15, 0.2) is 5.69 Å². The number of benzene rings is 1. The molecule has 0 unspecified atom stereocenters. The van der Waals surface area contributed by atoms with Crippen LogP contribution in [0.3, 0.4) is 0 Å². The van der Waals surface area contributed by atoms with E-state index in [1.54, 1.807) is 13.1 Å². The highest BCUT2D eigenvalue weighted by Gasteiger charge is 2.47. The Kier molecular flexibility index (Phi) is 4.35. The van der Waals surface area contributed by atoms with Crippen LogP contribution in [-0.4, -0.2) is 16.9 Å². The first-order valence-electron chi connectivity index (χ1n) is 9.50. The zero-order valence-electron chi connectivity index (χ0n) is 15.9. The number of nitrogens with one attached hydrogen (secondary N) is 1. The molecular weight excluding hydrogens is 336 g/mol. The third-order valence-corrected chi connectivity index (χ3v) is 5.84. The summed E-state index contributed by atoms with van der Waals surface area (Å²) in [5.74, 6) is 1.70. The molecule has 0 bridgehead atoms. The van der Waals surface area contributed by atoms with Crippen LogP contribution in [0.5, 0.6) is 0 Å². The molecule has 1 aliphatic heterocycles. The van der Waals surface area contributed by atoms with Crippen molar-refractivity contribution in [1.82, 2.24) is 4.98 Å². The van der Waals surface area contributed by atoms with Gasteiger partial charge in [0.1, 0.15) is 5.82 Å². The molecule has 27 heavy (non-hydrogen) atoms. The lowest BCUT2D eigenvalue weighted by Gasteiger charge is -2.46. The number of aryl methyl sites for hydroxylation is 1. The van der Waals surface area contributed by atoms with Crippen molar-refractivity contribution < 1.29 is 4.79 Å². The summed E-state index contributed by atoms with van der Waals surface area (Å²) in [5, 5.41) is 3.63. The van der Waals surface area contributed by atoms with Crippen LogP contribution in [0.15, 0.2) is 36.5 Å². The van der Waals surface area contributed by atoms with Crippen molar-refractivity contribution in [2.75, 3.05) is 10.2 Å².